The number of imidazole rings is 1. The van der Waals surface area contributed by atoms with Crippen molar-refractivity contribution in [2.24, 2.45) is 11.5 Å². The fourth-order valence-corrected chi connectivity index (χ4v) is 7.38. The van der Waals surface area contributed by atoms with Crippen LogP contribution in [0.3, 0.4) is 0 Å². The number of hydrogen-bond acceptors (Lipinski definition) is 17. The molecule has 0 bridgehead atoms. The van der Waals surface area contributed by atoms with Gasteiger partial charge in [0.2, 0.25) is 17.8 Å². The molecule has 3 aromatic rings. The van der Waals surface area contributed by atoms with Crippen LogP contribution in [0.4, 0.5) is 11.8 Å². The molecule has 0 fully saturated rings. The number of esters is 2. The first kappa shape index (κ1) is 54.0. The van der Waals surface area contributed by atoms with E-state index in [9.17, 15) is 28.8 Å². The number of carbonyl (C=O) groups is 5. The zero-order chi connectivity index (χ0) is 47.4. The Hall–Kier alpha value is -5.29. The Morgan fingerprint density at radius 2 is 1.48 bits per heavy atom. The molecule has 0 spiro atoms. The maximum atomic E-state index is 13.5. The lowest BCUT2D eigenvalue weighted by molar-refractivity contribution is -0.154. The van der Waals surface area contributed by atoms with Crippen molar-refractivity contribution in [2.75, 3.05) is 81.5 Å². The molecule has 3 atom stereocenters. The molecule has 3 rings (SSSR count). The quantitative estimate of drug-likeness (QED) is 0.0291. The second-order valence-electron chi connectivity index (χ2n) is 15.6. The first-order valence-corrected chi connectivity index (χ1v) is 23.7. The van der Waals surface area contributed by atoms with Gasteiger partial charge < -0.3 is 63.6 Å². The van der Waals surface area contributed by atoms with Crippen molar-refractivity contribution in [3.05, 3.63) is 45.9 Å². The lowest BCUT2D eigenvalue weighted by Gasteiger charge is -2.19. The molecule has 0 saturated heterocycles. The van der Waals surface area contributed by atoms with Crippen LogP contribution in [-0.2, 0) is 35.2 Å². The number of benzene rings is 1. The SMILES string of the molecule is CCCCNc1nc(N)c2[nH]c(=O)n(Cc3ccc(C(=O)N[C@@H](CCCCNC(=O)[C@@H](N)CSCC(COC(C)=O)OC(C)=O)C(=O)NCCCNCCCCNCCCN)cc3)c2n1. The summed E-state index contributed by atoms with van der Waals surface area (Å²) in [5.41, 5.74) is 19.1. The second-order valence-corrected chi connectivity index (χ2v) is 16.7. The smallest absolute Gasteiger partial charge is 0.328 e. The average Bonchev–Trinajstić information content (AvgIpc) is 3.59. The molecule has 0 aliphatic carbocycles. The first-order chi connectivity index (χ1) is 31.3. The van der Waals surface area contributed by atoms with E-state index in [-0.39, 0.29) is 42.3 Å². The van der Waals surface area contributed by atoms with Gasteiger partial charge in [-0.05, 0) is 102 Å². The number of nitrogen functional groups attached to an aromatic ring is 1. The van der Waals surface area contributed by atoms with Crippen LogP contribution in [0.1, 0.15) is 94.5 Å². The fourth-order valence-electron chi connectivity index (χ4n) is 6.41. The molecule has 2 heterocycles. The minimum absolute atomic E-state index is 0.0945. The van der Waals surface area contributed by atoms with Crippen LogP contribution < -0.4 is 54.8 Å². The molecule has 21 nitrogen and oxygen atoms in total. The highest BCUT2D eigenvalue weighted by atomic mass is 32.2. The number of aromatic nitrogens is 4. The number of aromatic amines is 1. The van der Waals surface area contributed by atoms with Crippen LogP contribution in [0.25, 0.3) is 11.2 Å². The van der Waals surface area contributed by atoms with E-state index in [4.69, 9.17) is 26.7 Å². The van der Waals surface area contributed by atoms with Crippen molar-refractivity contribution in [3.63, 3.8) is 0 Å². The van der Waals surface area contributed by atoms with Crippen molar-refractivity contribution in [1.29, 1.82) is 0 Å². The summed E-state index contributed by atoms with van der Waals surface area (Å²) in [6, 6.07) is 5.06. The van der Waals surface area contributed by atoms with Gasteiger partial charge in [-0.25, -0.2) is 4.79 Å². The number of unbranched alkanes of at least 4 members (excludes halogenated alkanes) is 3. The molecular formula is C43H71N13O8S. The van der Waals surface area contributed by atoms with E-state index in [1.54, 1.807) is 24.3 Å². The molecule has 0 aliphatic heterocycles. The van der Waals surface area contributed by atoms with E-state index >= 15 is 0 Å². The van der Waals surface area contributed by atoms with Gasteiger partial charge in [-0.2, -0.15) is 21.7 Å². The molecule has 3 amide bonds. The van der Waals surface area contributed by atoms with Crippen molar-refractivity contribution in [2.45, 2.75) is 103 Å². The number of fused-ring (bicyclic) bond motifs is 1. The minimum atomic E-state index is -0.844. The highest BCUT2D eigenvalue weighted by Gasteiger charge is 2.22. The Morgan fingerprint density at radius 1 is 0.815 bits per heavy atom. The number of nitrogens with zero attached hydrogens (tertiary/aromatic N) is 3. The topological polar surface area (TPSA) is 318 Å². The van der Waals surface area contributed by atoms with E-state index in [0.717, 1.165) is 63.8 Å². The van der Waals surface area contributed by atoms with Crippen molar-refractivity contribution < 1.29 is 33.4 Å². The number of H-pyrrole nitrogens is 1. The molecular weight excluding hydrogens is 859 g/mol. The maximum absolute atomic E-state index is 13.5. The van der Waals surface area contributed by atoms with E-state index in [1.807, 2.05) is 0 Å². The Labute approximate surface area is 385 Å². The summed E-state index contributed by atoms with van der Waals surface area (Å²) >= 11 is 1.29. The van der Waals surface area contributed by atoms with Crippen molar-refractivity contribution >= 4 is 64.4 Å². The predicted molar refractivity (Wildman–Crippen MR) is 253 cm³/mol. The normalized spacial score (nSPS) is 12.6. The number of anilines is 2. The third-order valence-corrected chi connectivity index (χ3v) is 11.2. The molecule has 22 heteroatoms. The number of rotatable bonds is 34. The average molecular weight is 930 g/mol. The van der Waals surface area contributed by atoms with Crippen LogP contribution >= 0.6 is 11.8 Å². The molecule has 65 heavy (non-hydrogen) atoms. The van der Waals surface area contributed by atoms with Gasteiger partial charge in [-0.3, -0.25) is 28.5 Å². The van der Waals surface area contributed by atoms with Gasteiger partial charge in [-0.1, -0.05) is 25.5 Å². The zero-order valence-corrected chi connectivity index (χ0v) is 39.0. The summed E-state index contributed by atoms with van der Waals surface area (Å²) in [5.74, 6) is -1.12. The van der Waals surface area contributed by atoms with Gasteiger partial charge in [0.15, 0.2) is 11.5 Å². The molecule has 0 radical (unpaired) electrons. The lowest BCUT2D eigenvalue weighted by Crippen LogP contribution is -2.47. The van der Waals surface area contributed by atoms with Gasteiger partial charge in [0.25, 0.3) is 5.91 Å². The third kappa shape index (κ3) is 21.0. The molecule has 362 valence electrons. The third-order valence-electron chi connectivity index (χ3n) is 9.95. The van der Waals surface area contributed by atoms with E-state index < -0.39 is 41.7 Å². The number of carbonyl (C=O) groups excluding carboxylic acids is 5. The number of hydrogen-bond donors (Lipinski definition) is 10. The summed E-state index contributed by atoms with van der Waals surface area (Å²) in [5, 5.41) is 18.6. The molecule has 13 N–H and O–H groups in total. The van der Waals surface area contributed by atoms with Gasteiger partial charge in [0.1, 0.15) is 24.3 Å². The van der Waals surface area contributed by atoms with Crippen molar-refractivity contribution in [3.8, 4) is 0 Å². The van der Waals surface area contributed by atoms with E-state index in [0.29, 0.717) is 74.5 Å². The highest BCUT2D eigenvalue weighted by Crippen LogP contribution is 2.18. The predicted octanol–water partition coefficient (Wildman–Crippen LogP) is 0.717. The number of nitrogens with two attached hydrogens (primary N) is 3. The Morgan fingerprint density at radius 3 is 2.15 bits per heavy atom. The molecule has 2 aromatic heterocycles. The summed E-state index contributed by atoms with van der Waals surface area (Å²) in [6.45, 7) is 10.2. The van der Waals surface area contributed by atoms with Crippen LogP contribution in [0.5, 0.6) is 0 Å². The zero-order valence-electron chi connectivity index (χ0n) is 38.1. The van der Waals surface area contributed by atoms with Crippen LogP contribution in [0.2, 0.25) is 0 Å². The fraction of sp³-hybridized carbons (Fsp3) is 0.628. The Balaban J connectivity index is 1.55. The standard InChI is InChI=1S/C43H71N13O8S/c1-4-5-22-51-42-54-37(46)36-38(55-42)56(43(62)53-36)25-31-13-15-32(16-14-31)39(59)52-35(41(61)50-24-11-21-48-19-9-8-18-47-20-10-17-44)12-6-7-23-49-40(60)34(45)28-65-27-33(64-30(3)58)26-63-29(2)57/h13-16,33-35,47-48H,4-12,17-28,44-45H2,1-3H3,(H,49,60)(H,50,61)(H,52,59)(H,53,62)(H3,46,51,54,55)/t33?,34-,35-/m0/s1. The number of ether oxygens (including phenoxy) is 2. The Kier molecular flexibility index (Phi) is 25.6. The lowest BCUT2D eigenvalue weighted by atomic mass is 10.1. The molecule has 0 aliphatic rings. The van der Waals surface area contributed by atoms with Gasteiger partial charge in [-0.15, -0.1) is 0 Å². The van der Waals surface area contributed by atoms with Gasteiger partial charge >= 0.3 is 17.6 Å². The molecule has 1 aromatic carbocycles. The van der Waals surface area contributed by atoms with Crippen LogP contribution in [-0.4, -0.2) is 138 Å². The molecule has 0 saturated carbocycles. The summed E-state index contributed by atoms with van der Waals surface area (Å²) < 4.78 is 11.6. The first-order valence-electron chi connectivity index (χ1n) is 22.5. The van der Waals surface area contributed by atoms with Gasteiger partial charge in [0, 0.05) is 50.6 Å². The number of amides is 3. The summed E-state index contributed by atoms with van der Waals surface area (Å²) in [6.07, 6.45) is 6.34. The minimum Gasteiger partial charge on any atom is -0.462 e. The van der Waals surface area contributed by atoms with E-state index in [1.165, 1.54) is 30.2 Å². The largest absolute Gasteiger partial charge is 0.462 e. The number of nitrogens with one attached hydrogen (secondary N) is 7. The number of thioether (sulfide) groups is 1. The van der Waals surface area contributed by atoms with E-state index in [2.05, 4.69) is 53.8 Å². The monoisotopic (exact) mass is 930 g/mol. The summed E-state index contributed by atoms with van der Waals surface area (Å²) in [4.78, 5) is 86.8. The van der Waals surface area contributed by atoms with Crippen LogP contribution in [0.15, 0.2) is 29.1 Å². The second kappa shape index (κ2) is 30.8. The molecule has 1 unspecified atom stereocenters. The highest BCUT2D eigenvalue weighted by molar-refractivity contribution is 7.99. The van der Waals surface area contributed by atoms with Crippen LogP contribution in [0, 0.1) is 0 Å². The summed E-state index contributed by atoms with van der Waals surface area (Å²) in [7, 11) is 0. The Bertz CT molecular complexity index is 1980. The van der Waals surface area contributed by atoms with Crippen molar-refractivity contribution in [1.82, 2.24) is 46.1 Å². The van der Waals surface area contributed by atoms with Gasteiger partial charge in [0.05, 0.1) is 12.6 Å². The maximum Gasteiger partial charge on any atom is 0.328 e.